The van der Waals surface area contributed by atoms with Gasteiger partial charge in [-0.3, -0.25) is 4.79 Å². The number of hydrogen-bond donors (Lipinski definition) is 0. The summed E-state index contributed by atoms with van der Waals surface area (Å²) in [6, 6.07) is 1.64. The maximum atomic E-state index is 12.5. The first-order valence-corrected chi connectivity index (χ1v) is 4.40. The summed E-state index contributed by atoms with van der Waals surface area (Å²) >= 11 is 5.46. The number of rotatable bonds is 3. The molecule has 0 aliphatic rings. The minimum Gasteiger partial charge on any atom is -0.298 e. The van der Waals surface area contributed by atoms with E-state index in [1.54, 1.807) is 6.07 Å². The van der Waals surface area contributed by atoms with Crippen LogP contribution in [0.1, 0.15) is 33.6 Å². The second-order valence-corrected chi connectivity index (χ2v) is 2.89. The molecule has 0 saturated carbocycles. The number of hydrogen-bond acceptors (Lipinski definition) is 3. The van der Waals surface area contributed by atoms with Crippen LogP contribution >= 0.6 is 11.6 Å². The van der Waals surface area contributed by atoms with Crippen LogP contribution in [-0.4, -0.2) is 11.3 Å². The first-order chi connectivity index (χ1) is 7.15. The fraction of sp³-hybridized carbons (Fsp3) is 0.222. The maximum Gasteiger partial charge on any atom is 0.265 e. The lowest BCUT2D eigenvalue weighted by Gasteiger charge is -2.08. The number of nitrogens with zero attached hydrogens (tertiary/aromatic N) is 2. The molecule has 1 heterocycles. The molecule has 0 aliphatic heterocycles. The molecular formula is C9H5ClF2N2O. The number of nitriles is 1. The van der Waals surface area contributed by atoms with Crippen molar-refractivity contribution >= 4 is 17.9 Å². The molecule has 0 atom stereocenters. The fourth-order valence-electron chi connectivity index (χ4n) is 1.13. The van der Waals surface area contributed by atoms with Gasteiger partial charge in [0.05, 0.1) is 5.56 Å². The van der Waals surface area contributed by atoms with Crippen molar-refractivity contribution in [2.75, 3.05) is 0 Å². The molecule has 1 rings (SSSR count). The van der Waals surface area contributed by atoms with Crippen LogP contribution in [0, 0.1) is 11.3 Å². The van der Waals surface area contributed by atoms with E-state index in [0.29, 0.717) is 6.29 Å². The van der Waals surface area contributed by atoms with Gasteiger partial charge >= 0.3 is 0 Å². The lowest BCUT2D eigenvalue weighted by Crippen LogP contribution is -2.03. The average molecular weight is 231 g/mol. The molecule has 0 saturated heterocycles. The highest BCUT2D eigenvalue weighted by Gasteiger charge is 2.19. The largest absolute Gasteiger partial charge is 0.298 e. The van der Waals surface area contributed by atoms with E-state index in [0.717, 1.165) is 6.20 Å². The average Bonchev–Trinajstić information content (AvgIpc) is 2.26. The Labute approximate surface area is 89.3 Å². The minimum absolute atomic E-state index is 0.0341. The summed E-state index contributed by atoms with van der Waals surface area (Å²) in [7, 11) is 0. The Balaban J connectivity index is 3.49. The zero-order valence-electron chi connectivity index (χ0n) is 7.38. The Bertz CT molecular complexity index is 429. The Morgan fingerprint density at radius 3 is 2.73 bits per heavy atom. The van der Waals surface area contributed by atoms with Gasteiger partial charge in [-0.15, -0.1) is 11.6 Å². The number of pyridine rings is 1. The van der Waals surface area contributed by atoms with E-state index in [2.05, 4.69) is 4.98 Å². The molecule has 0 N–H and O–H groups in total. The third kappa shape index (κ3) is 2.10. The Hall–Kier alpha value is -1.54. The first-order valence-electron chi connectivity index (χ1n) is 3.86. The summed E-state index contributed by atoms with van der Waals surface area (Å²) in [4.78, 5) is 14.1. The molecule has 3 nitrogen and oxygen atoms in total. The number of alkyl halides is 3. The van der Waals surface area contributed by atoms with Crippen LogP contribution in [0.5, 0.6) is 0 Å². The highest BCUT2D eigenvalue weighted by Crippen LogP contribution is 2.26. The van der Waals surface area contributed by atoms with Crippen molar-refractivity contribution in [2.45, 2.75) is 12.3 Å². The Kier molecular flexibility index (Phi) is 3.69. The van der Waals surface area contributed by atoms with Gasteiger partial charge in [0.15, 0.2) is 12.0 Å². The normalized spacial score (nSPS) is 10.1. The topological polar surface area (TPSA) is 53.8 Å². The molecule has 0 aliphatic carbocycles. The third-order valence-electron chi connectivity index (χ3n) is 1.85. The molecule has 0 amide bonds. The van der Waals surface area contributed by atoms with Crippen LogP contribution in [0.4, 0.5) is 8.78 Å². The van der Waals surface area contributed by atoms with Crippen LogP contribution in [-0.2, 0) is 5.88 Å². The van der Waals surface area contributed by atoms with Gasteiger partial charge in [-0.25, -0.2) is 13.8 Å². The summed E-state index contributed by atoms with van der Waals surface area (Å²) in [5.41, 5.74) is -0.797. The SMILES string of the molecule is N#Cc1ncc(C(F)F)c(CCl)c1C=O. The predicted octanol–water partition coefficient (Wildman–Crippen LogP) is 2.44. The van der Waals surface area contributed by atoms with E-state index in [1.165, 1.54) is 0 Å². The van der Waals surface area contributed by atoms with Crippen molar-refractivity contribution in [2.24, 2.45) is 0 Å². The zero-order valence-corrected chi connectivity index (χ0v) is 8.13. The molecule has 1 aromatic rings. The van der Waals surface area contributed by atoms with Gasteiger partial charge in [0.25, 0.3) is 6.43 Å². The van der Waals surface area contributed by atoms with Crippen molar-refractivity contribution in [1.29, 1.82) is 5.26 Å². The van der Waals surface area contributed by atoms with Crippen molar-refractivity contribution in [1.82, 2.24) is 4.98 Å². The number of halogens is 3. The van der Waals surface area contributed by atoms with Crippen LogP contribution in [0.25, 0.3) is 0 Å². The highest BCUT2D eigenvalue weighted by molar-refractivity contribution is 6.17. The summed E-state index contributed by atoms with van der Waals surface area (Å²) in [5.74, 6) is -0.259. The molecule has 0 unspecified atom stereocenters. The summed E-state index contributed by atoms with van der Waals surface area (Å²) in [5, 5.41) is 8.60. The van der Waals surface area contributed by atoms with Crippen molar-refractivity contribution < 1.29 is 13.6 Å². The number of carbonyl (C=O) groups is 1. The molecule has 6 heteroatoms. The van der Waals surface area contributed by atoms with Gasteiger partial charge in [0.2, 0.25) is 0 Å². The standard InChI is InChI=1S/C9H5ClF2N2O/c10-1-5-6(9(11)12)3-14-8(2-13)7(5)4-15/h3-4,9H,1H2. The lowest BCUT2D eigenvalue weighted by atomic mass is 10.0. The van der Waals surface area contributed by atoms with E-state index in [4.69, 9.17) is 16.9 Å². The van der Waals surface area contributed by atoms with Gasteiger partial charge in [-0.05, 0) is 5.56 Å². The molecule has 0 radical (unpaired) electrons. The molecule has 0 aromatic carbocycles. The quantitative estimate of drug-likeness (QED) is 0.592. The van der Waals surface area contributed by atoms with E-state index < -0.39 is 12.0 Å². The van der Waals surface area contributed by atoms with Gasteiger partial charge in [0.1, 0.15) is 6.07 Å². The molecule has 1 aromatic heterocycles. The Morgan fingerprint density at radius 1 is 1.67 bits per heavy atom. The summed E-state index contributed by atoms with van der Waals surface area (Å²) < 4.78 is 24.9. The van der Waals surface area contributed by atoms with E-state index in [-0.39, 0.29) is 22.7 Å². The second kappa shape index (κ2) is 4.80. The second-order valence-electron chi connectivity index (χ2n) is 2.62. The molecule has 0 spiro atoms. The van der Waals surface area contributed by atoms with Crippen LogP contribution in [0.2, 0.25) is 0 Å². The van der Waals surface area contributed by atoms with Crippen molar-refractivity contribution in [3.63, 3.8) is 0 Å². The Morgan fingerprint density at radius 2 is 2.33 bits per heavy atom. The van der Waals surface area contributed by atoms with Gasteiger partial charge in [-0.2, -0.15) is 5.26 Å². The van der Waals surface area contributed by atoms with E-state index in [1.807, 2.05) is 0 Å². The van der Waals surface area contributed by atoms with Crippen molar-refractivity contribution in [3.05, 3.63) is 28.6 Å². The van der Waals surface area contributed by atoms with Crippen LogP contribution in [0.15, 0.2) is 6.20 Å². The fourth-order valence-corrected chi connectivity index (χ4v) is 1.43. The number of aldehydes is 1. The smallest absolute Gasteiger partial charge is 0.265 e. The van der Waals surface area contributed by atoms with Crippen molar-refractivity contribution in [3.8, 4) is 6.07 Å². The number of aromatic nitrogens is 1. The summed E-state index contributed by atoms with van der Waals surface area (Å²) in [6.07, 6.45) is -1.58. The summed E-state index contributed by atoms with van der Waals surface area (Å²) in [6.45, 7) is 0. The van der Waals surface area contributed by atoms with Gasteiger partial charge in [0, 0.05) is 17.6 Å². The van der Waals surface area contributed by atoms with Crippen LogP contribution in [0.3, 0.4) is 0 Å². The first kappa shape index (κ1) is 11.5. The van der Waals surface area contributed by atoms with E-state index >= 15 is 0 Å². The lowest BCUT2D eigenvalue weighted by molar-refractivity contribution is 0.112. The minimum atomic E-state index is -2.77. The molecule has 78 valence electrons. The molecule has 0 bridgehead atoms. The zero-order chi connectivity index (χ0) is 11.4. The monoisotopic (exact) mass is 230 g/mol. The van der Waals surface area contributed by atoms with Gasteiger partial charge < -0.3 is 0 Å². The van der Waals surface area contributed by atoms with Gasteiger partial charge in [-0.1, -0.05) is 0 Å². The molecule has 15 heavy (non-hydrogen) atoms. The third-order valence-corrected chi connectivity index (χ3v) is 2.12. The predicted molar refractivity (Wildman–Crippen MR) is 48.9 cm³/mol. The van der Waals surface area contributed by atoms with E-state index in [9.17, 15) is 13.6 Å². The molecule has 0 fully saturated rings. The maximum absolute atomic E-state index is 12.5. The number of carbonyl (C=O) groups excluding carboxylic acids is 1. The molecular weight excluding hydrogens is 226 g/mol. The highest BCUT2D eigenvalue weighted by atomic mass is 35.5. The van der Waals surface area contributed by atoms with Crippen LogP contribution < -0.4 is 0 Å².